The lowest BCUT2D eigenvalue weighted by atomic mass is 10.0. The molecule has 1 N–H and O–H groups in total. The van der Waals surface area contributed by atoms with Crippen molar-refractivity contribution in [1.82, 2.24) is 0 Å². The van der Waals surface area contributed by atoms with Crippen molar-refractivity contribution >= 4 is 5.69 Å². The average Bonchev–Trinajstić information content (AvgIpc) is 2.83. The molecule has 3 nitrogen and oxygen atoms in total. The van der Waals surface area contributed by atoms with Gasteiger partial charge in [-0.25, -0.2) is 0 Å². The number of anilines is 1. The summed E-state index contributed by atoms with van der Waals surface area (Å²) >= 11 is 0. The van der Waals surface area contributed by atoms with Gasteiger partial charge in [0, 0.05) is 18.7 Å². The van der Waals surface area contributed by atoms with Crippen LogP contribution in [0, 0.1) is 0 Å². The first-order chi connectivity index (χ1) is 9.90. The smallest absolute Gasteiger partial charge is 0.161 e. The molecule has 0 saturated heterocycles. The Hall–Kier alpha value is -2.16. The number of fused-ring (bicyclic) bond motifs is 2. The summed E-state index contributed by atoms with van der Waals surface area (Å²) in [6.07, 6.45) is 2.06. The molecule has 2 aromatic carbocycles. The Balaban J connectivity index is 1.73. The maximum absolute atomic E-state index is 5.76. The van der Waals surface area contributed by atoms with E-state index >= 15 is 0 Å². The lowest BCUT2D eigenvalue weighted by molar-refractivity contribution is 0.297. The predicted octanol–water partition coefficient (Wildman–Crippen LogP) is 3.48. The minimum absolute atomic E-state index is 0.724. The summed E-state index contributed by atoms with van der Waals surface area (Å²) in [6.45, 7) is 2.50. The Morgan fingerprint density at radius 2 is 1.65 bits per heavy atom. The highest BCUT2D eigenvalue weighted by molar-refractivity contribution is 5.73. The molecule has 0 atom stereocenters. The van der Waals surface area contributed by atoms with Crippen LogP contribution in [0.3, 0.4) is 0 Å². The van der Waals surface area contributed by atoms with Crippen molar-refractivity contribution in [2.24, 2.45) is 0 Å². The van der Waals surface area contributed by atoms with E-state index in [-0.39, 0.29) is 0 Å². The van der Waals surface area contributed by atoms with Gasteiger partial charge in [0.2, 0.25) is 0 Å². The van der Waals surface area contributed by atoms with Crippen LogP contribution in [0.15, 0.2) is 36.4 Å². The van der Waals surface area contributed by atoms with Crippen LogP contribution in [0.4, 0.5) is 5.69 Å². The fourth-order valence-corrected chi connectivity index (χ4v) is 2.81. The fraction of sp³-hybridized carbons (Fsp3) is 0.294. The number of hydrogen-bond donors (Lipinski definition) is 1. The zero-order chi connectivity index (χ0) is 13.4. The lowest BCUT2D eigenvalue weighted by Gasteiger charge is -2.10. The number of ether oxygens (including phenoxy) is 2. The number of benzene rings is 2. The number of nitrogens with one attached hydrogen (secondary N) is 1. The second-order valence-electron chi connectivity index (χ2n) is 5.26. The van der Waals surface area contributed by atoms with Crippen LogP contribution in [0.25, 0.3) is 11.1 Å². The summed E-state index contributed by atoms with van der Waals surface area (Å²) in [5.74, 6) is 1.71. The van der Waals surface area contributed by atoms with Gasteiger partial charge in [0.15, 0.2) is 11.5 Å². The Kier molecular flexibility index (Phi) is 2.76. The SMILES string of the molecule is c1cc2c(cc1-c1ccc3c(c1)OCCCO3)NCC2. The van der Waals surface area contributed by atoms with Gasteiger partial charge in [0.25, 0.3) is 0 Å². The molecular formula is C17H17NO2. The minimum Gasteiger partial charge on any atom is -0.490 e. The summed E-state index contributed by atoms with van der Waals surface area (Å²) in [4.78, 5) is 0. The quantitative estimate of drug-likeness (QED) is 0.858. The van der Waals surface area contributed by atoms with Crippen LogP contribution >= 0.6 is 0 Å². The molecule has 2 aromatic rings. The summed E-state index contributed by atoms with van der Waals surface area (Å²) in [5, 5.41) is 3.43. The first-order valence-corrected chi connectivity index (χ1v) is 7.17. The number of rotatable bonds is 1. The first-order valence-electron chi connectivity index (χ1n) is 7.17. The van der Waals surface area contributed by atoms with E-state index < -0.39 is 0 Å². The van der Waals surface area contributed by atoms with Gasteiger partial charge >= 0.3 is 0 Å². The van der Waals surface area contributed by atoms with Crippen molar-refractivity contribution in [3.05, 3.63) is 42.0 Å². The second-order valence-corrected chi connectivity index (χ2v) is 5.26. The molecule has 0 bridgehead atoms. The standard InChI is InChI=1S/C17H17NO2/c1-8-19-16-5-4-14(11-17(16)20-9-1)13-3-2-12-6-7-18-15(12)10-13/h2-5,10-11,18H,1,6-9H2. The van der Waals surface area contributed by atoms with Gasteiger partial charge in [0.05, 0.1) is 13.2 Å². The minimum atomic E-state index is 0.724. The van der Waals surface area contributed by atoms with E-state index in [1.165, 1.54) is 22.4 Å². The highest BCUT2D eigenvalue weighted by Gasteiger charge is 2.14. The molecule has 2 aliphatic heterocycles. The van der Waals surface area contributed by atoms with Crippen molar-refractivity contribution < 1.29 is 9.47 Å². The van der Waals surface area contributed by atoms with Crippen molar-refractivity contribution in [3.8, 4) is 22.6 Å². The summed E-state index contributed by atoms with van der Waals surface area (Å²) in [7, 11) is 0. The maximum Gasteiger partial charge on any atom is 0.161 e. The van der Waals surface area contributed by atoms with Gasteiger partial charge in [0.1, 0.15) is 0 Å². The van der Waals surface area contributed by atoms with Gasteiger partial charge in [-0.2, -0.15) is 0 Å². The van der Waals surface area contributed by atoms with E-state index in [0.29, 0.717) is 0 Å². The molecule has 20 heavy (non-hydrogen) atoms. The van der Waals surface area contributed by atoms with E-state index in [1.807, 2.05) is 6.07 Å². The summed E-state index contributed by atoms with van der Waals surface area (Å²) in [5.41, 5.74) is 5.05. The maximum atomic E-state index is 5.76. The highest BCUT2D eigenvalue weighted by Crippen LogP contribution is 2.36. The van der Waals surface area contributed by atoms with Crippen LogP contribution < -0.4 is 14.8 Å². The van der Waals surface area contributed by atoms with Crippen molar-refractivity contribution in [2.45, 2.75) is 12.8 Å². The molecule has 0 aliphatic carbocycles. The largest absolute Gasteiger partial charge is 0.490 e. The molecule has 0 spiro atoms. The highest BCUT2D eigenvalue weighted by atomic mass is 16.5. The van der Waals surface area contributed by atoms with E-state index in [0.717, 1.165) is 44.1 Å². The average molecular weight is 267 g/mol. The normalized spacial score (nSPS) is 16.2. The van der Waals surface area contributed by atoms with Crippen LogP contribution in [-0.4, -0.2) is 19.8 Å². The molecule has 2 aliphatic rings. The molecule has 0 unspecified atom stereocenters. The van der Waals surface area contributed by atoms with Crippen LogP contribution in [-0.2, 0) is 6.42 Å². The molecule has 2 heterocycles. The molecule has 0 amide bonds. The van der Waals surface area contributed by atoms with Crippen LogP contribution in [0.1, 0.15) is 12.0 Å². The molecule has 0 radical (unpaired) electrons. The Bertz CT molecular complexity index is 651. The van der Waals surface area contributed by atoms with Gasteiger partial charge in [-0.05, 0) is 41.3 Å². The Morgan fingerprint density at radius 1 is 0.850 bits per heavy atom. The van der Waals surface area contributed by atoms with E-state index in [9.17, 15) is 0 Å². The molecule has 4 rings (SSSR count). The van der Waals surface area contributed by atoms with Gasteiger partial charge in [-0.1, -0.05) is 18.2 Å². The van der Waals surface area contributed by atoms with Gasteiger partial charge in [-0.15, -0.1) is 0 Å². The molecule has 0 fully saturated rings. The zero-order valence-electron chi connectivity index (χ0n) is 11.3. The molecule has 0 saturated carbocycles. The van der Waals surface area contributed by atoms with Crippen molar-refractivity contribution in [2.75, 3.05) is 25.1 Å². The molecule has 102 valence electrons. The predicted molar refractivity (Wildman–Crippen MR) is 79.7 cm³/mol. The lowest BCUT2D eigenvalue weighted by Crippen LogP contribution is -1.97. The van der Waals surface area contributed by atoms with Gasteiger partial charge < -0.3 is 14.8 Å². The third-order valence-electron chi connectivity index (χ3n) is 3.90. The van der Waals surface area contributed by atoms with E-state index in [4.69, 9.17) is 9.47 Å². The van der Waals surface area contributed by atoms with Crippen molar-refractivity contribution in [3.63, 3.8) is 0 Å². The summed E-state index contributed by atoms with van der Waals surface area (Å²) in [6, 6.07) is 12.8. The Labute approximate surface area is 118 Å². The van der Waals surface area contributed by atoms with Crippen LogP contribution in [0.2, 0.25) is 0 Å². The van der Waals surface area contributed by atoms with Crippen molar-refractivity contribution in [1.29, 1.82) is 0 Å². The molecular weight excluding hydrogens is 250 g/mol. The van der Waals surface area contributed by atoms with Crippen LogP contribution in [0.5, 0.6) is 11.5 Å². The fourth-order valence-electron chi connectivity index (χ4n) is 2.81. The number of hydrogen-bond acceptors (Lipinski definition) is 3. The topological polar surface area (TPSA) is 30.5 Å². The monoisotopic (exact) mass is 267 g/mol. The second kappa shape index (κ2) is 4.75. The Morgan fingerprint density at radius 3 is 2.60 bits per heavy atom. The van der Waals surface area contributed by atoms with E-state index in [2.05, 4.69) is 35.6 Å². The van der Waals surface area contributed by atoms with E-state index in [1.54, 1.807) is 0 Å². The third kappa shape index (κ3) is 1.99. The first kappa shape index (κ1) is 11.6. The molecule has 3 heteroatoms. The molecule has 0 aromatic heterocycles. The third-order valence-corrected chi connectivity index (χ3v) is 3.90. The van der Waals surface area contributed by atoms with Gasteiger partial charge in [-0.3, -0.25) is 0 Å². The summed E-state index contributed by atoms with van der Waals surface area (Å²) < 4.78 is 11.4. The zero-order valence-corrected chi connectivity index (χ0v) is 11.3.